The van der Waals surface area contributed by atoms with Crippen LogP contribution in [-0.2, 0) is 16.4 Å². The van der Waals surface area contributed by atoms with E-state index in [1.165, 1.54) is 19.4 Å². The van der Waals surface area contributed by atoms with E-state index < -0.39 is 23.8 Å². The molecule has 6 rings (SSSR count). The SMILES string of the molecule is Cc1nc(C(F)(F)F)nc(C)c1C(=O)CC1CC2CN(CCC3(c4ccccc4)CN(C(=O)C4CC(F)(F)C4)C3)CC2C1. The van der Waals surface area contributed by atoms with Gasteiger partial charge < -0.3 is 9.80 Å². The normalized spacial score (nSPS) is 26.6. The standard InChI is InChI=1S/C32H37F5N4O2/c1-19-27(20(2)39-29(38-19)32(35,36)37)26(42)12-21-10-22-15-40(16-23(22)11-21)9-8-30(25-6-4-3-5-7-25)17-41(18-30)28(43)24-13-31(33,34)14-24/h3-7,21-24H,8-18H2,1-2H3. The topological polar surface area (TPSA) is 66.4 Å². The van der Waals surface area contributed by atoms with E-state index in [1.54, 1.807) is 4.90 Å². The third-order valence-corrected chi connectivity index (χ3v) is 10.2. The first-order valence-corrected chi connectivity index (χ1v) is 15.1. The number of nitrogens with zero attached hydrogens (tertiary/aromatic N) is 4. The molecule has 2 unspecified atom stereocenters. The number of hydrogen-bond acceptors (Lipinski definition) is 5. The van der Waals surface area contributed by atoms with Crippen LogP contribution in [0, 0.1) is 37.5 Å². The molecule has 2 aromatic rings. The molecule has 3 heterocycles. The van der Waals surface area contributed by atoms with Gasteiger partial charge in [0.05, 0.1) is 17.0 Å². The van der Waals surface area contributed by atoms with Crippen molar-refractivity contribution in [2.24, 2.45) is 23.7 Å². The number of aromatic nitrogens is 2. The lowest BCUT2D eigenvalue weighted by Gasteiger charge is -2.53. The van der Waals surface area contributed by atoms with Crippen LogP contribution in [0.2, 0.25) is 0 Å². The number of likely N-dealkylation sites (tertiary alicyclic amines) is 2. The fourth-order valence-corrected chi connectivity index (χ4v) is 8.07. The number of halogens is 5. The maximum absolute atomic E-state index is 13.4. The maximum atomic E-state index is 13.4. The molecule has 2 aliphatic carbocycles. The van der Waals surface area contributed by atoms with Gasteiger partial charge in [-0.05, 0) is 63.0 Å². The Morgan fingerprint density at radius 3 is 2.07 bits per heavy atom. The second-order valence-electron chi connectivity index (χ2n) is 13.4. The van der Waals surface area contributed by atoms with Crippen molar-refractivity contribution in [3.8, 4) is 0 Å². The lowest BCUT2D eigenvalue weighted by atomic mass is 9.69. The van der Waals surface area contributed by atoms with Crippen molar-refractivity contribution in [3.63, 3.8) is 0 Å². The van der Waals surface area contributed by atoms with Crippen molar-refractivity contribution in [2.75, 3.05) is 32.7 Å². The van der Waals surface area contributed by atoms with Crippen molar-refractivity contribution in [1.29, 1.82) is 0 Å². The van der Waals surface area contributed by atoms with Crippen LogP contribution in [-0.4, -0.2) is 70.1 Å². The Kier molecular flexibility index (Phi) is 7.62. The first-order valence-electron chi connectivity index (χ1n) is 15.1. The Labute approximate surface area is 248 Å². The highest BCUT2D eigenvalue weighted by Crippen LogP contribution is 2.47. The lowest BCUT2D eigenvalue weighted by molar-refractivity contribution is -0.167. The van der Waals surface area contributed by atoms with Crippen LogP contribution >= 0.6 is 0 Å². The van der Waals surface area contributed by atoms with E-state index >= 15 is 0 Å². The van der Waals surface area contributed by atoms with Crippen LogP contribution in [0.25, 0.3) is 0 Å². The minimum absolute atomic E-state index is 0.0726. The summed E-state index contributed by atoms with van der Waals surface area (Å²) >= 11 is 0. The van der Waals surface area contributed by atoms with Crippen LogP contribution in [0.5, 0.6) is 0 Å². The molecule has 2 saturated heterocycles. The van der Waals surface area contributed by atoms with Crippen molar-refractivity contribution in [2.45, 2.75) is 69.9 Å². The number of carbonyl (C=O) groups excluding carboxylic acids is 2. The van der Waals surface area contributed by atoms with E-state index in [-0.39, 0.29) is 59.2 Å². The largest absolute Gasteiger partial charge is 0.451 e. The maximum Gasteiger partial charge on any atom is 0.451 e. The Bertz CT molecular complexity index is 1350. The molecule has 2 aliphatic heterocycles. The molecular weight excluding hydrogens is 567 g/mol. The number of fused-ring (bicyclic) bond motifs is 1. The Morgan fingerprint density at radius 1 is 0.953 bits per heavy atom. The third-order valence-electron chi connectivity index (χ3n) is 10.2. The van der Waals surface area contributed by atoms with Gasteiger partial charge in [0.25, 0.3) is 0 Å². The minimum Gasteiger partial charge on any atom is -0.341 e. The number of carbonyl (C=O) groups is 2. The van der Waals surface area contributed by atoms with Gasteiger partial charge in [0.1, 0.15) is 0 Å². The van der Waals surface area contributed by atoms with Crippen molar-refractivity contribution < 1.29 is 31.5 Å². The Morgan fingerprint density at radius 2 is 1.53 bits per heavy atom. The van der Waals surface area contributed by atoms with Gasteiger partial charge in [-0.25, -0.2) is 18.7 Å². The van der Waals surface area contributed by atoms with Crippen LogP contribution in [0.15, 0.2) is 30.3 Å². The molecular formula is C32H37F5N4O2. The summed E-state index contributed by atoms with van der Waals surface area (Å²) in [7, 11) is 0. The van der Waals surface area contributed by atoms with E-state index in [1.807, 2.05) is 18.2 Å². The molecule has 0 spiro atoms. The zero-order valence-electron chi connectivity index (χ0n) is 24.5. The average Bonchev–Trinajstić information content (AvgIpc) is 3.44. The number of aryl methyl sites for hydroxylation is 2. The summed E-state index contributed by atoms with van der Waals surface area (Å²) in [5, 5.41) is 0. The Balaban J connectivity index is 1.02. The highest BCUT2D eigenvalue weighted by molar-refractivity contribution is 5.98. The molecule has 232 valence electrons. The van der Waals surface area contributed by atoms with Crippen LogP contribution in [0.3, 0.4) is 0 Å². The monoisotopic (exact) mass is 604 g/mol. The van der Waals surface area contributed by atoms with Crippen molar-refractivity contribution in [1.82, 2.24) is 19.8 Å². The van der Waals surface area contributed by atoms with Crippen molar-refractivity contribution in [3.05, 3.63) is 58.7 Å². The van der Waals surface area contributed by atoms with E-state index in [0.717, 1.165) is 38.9 Å². The fraction of sp³-hybridized carbons (Fsp3) is 0.625. The first-order chi connectivity index (χ1) is 20.2. The van der Waals surface area contributed by atoms with Crippen LogP contribution in [0.4, 0.5) is 22.0 Å². The number of benzene rings is 1. The average molecular weight is 605 g/mol. The number of alkyl halides is 5. The molecule has 1 aromatic heterocycles. The van der Waals surface area contributed by atoms with Gasteiger partial charge in [-0.1, -0.05) is 30.3 Å². The van der Waals surface area contributed by atoms with Gasteiger partial charge in [0, 0.05) is 56.8 Å². The Hall–Kier alpha value is -2.95. The summed E-state index contributed by atoms with van der Waals surface area (Å²) in [6, 6.07) is 10.1. The molecule has 0 bridgehead atoms. The molecule has 6 nitrogen and oxygen atoms in total. The molecule has 0 radical (unpaired) electrons. The summed E-state index contributed by atoms with van der Waals surface area (Å²) < 4.78 is 65.9. The van der Waals surface area contributed by atoms with Crippen LogP contribution < -0.4 is 0 Å². The smallest absolute Gasteiger partial charge is 0.341 e. The predicted octanol–water partition coefficient (Wildman–Crippen LogP) is 5.86. The first kappa shape index (κ1) is 30.1. The van der Waals surface area contributed by atoms with E-state index in [4.69, 9.17) is 0 Å². The zero-order valence-corrected chi connectivity index (χ0v) is 24.5. The van der Waals surface area contributed by atoms with E-state index in [9.17, 15) is 31.5 Å². The molecule has 11 heteroatoms. The second kappa shape index (κ2) is 10.9. The van der Waals surface area contributed by atoms with Crippen molar-refractivity contribution >= 4 is 11.7 Å². The number of Topliss-reactive ketones (excluding diaryl/α,β-unsaturated/α-hetero) is 1. The fourth-order valence-electron chi connectivity index (χ4n) is 8.07. The molecule has 1 aromatic carbocycles. The number of amides is 1. The quantitative estimate of drug-likeness (QED) is 0.279. The highest BCUT2D eigenvalue weighted by atomic mass is 19.4. The van der Waals surface area contributed by atoms with Gasteiger partial charge in [-0.15, -0.1) is 0 Å². The lowest BCUT2D eigenvalue weighted by Crippen LogP contribution is -2.64. The van der Waals surface area contributed by atoms with Gasteiger partial charge >= 0.3 is 6.18 Å². The summed E-state index contributed by atoms with van der Waals surface area (Å²) in [6.45, 7) is 6.71. The molecule has 1 amide bonds. The van der Waals surface area contributed by atoms with Gasteiger partial charge in [-0.3, -0.25) is 9.59 Å². The summed E-state index contributed by atoms with van der Waals surface area (Å²) in [6.07, 6.45) is -2.37. The molecule has 0 N–H and O–H groups in total. The molecule has 4 aliphatic rings. The number of hydrogen-bond donors (Lipinski definition) is 0. The number of ketones is 1. The molecule has 4 fully saturated rings. The summed E-state index contributed by atoms with van der Waals surface area (Å²) in [5.74, 6) is -3.71. The summed E-state index contributed by atoms with van der Waals surface area (Å²) in [5.41, 5.74) is 1.34. The molecule has 2 atom stereocenters. The minimum atomic E-state index is -4.65. The zero-order chi connectivity index (χ0) is 30.7. The van der Waals surface area contributed by atoms with Gasteiger partial charge in [-0.2, -0.15) is 13.2 Å². The van der Waals surface area contributed by atoms with Gasteiger partial charge in [0.2, 0.25) is 17.7 Å². The van der Waals surface area contributed by atoms with E-state index in [0.29, 0.717) is 24.9 Å². The highest BCUT2D eigenvalue weighted by Gasteiger charge is 2.54. The van der Waals surface area contributed by atoms with Crippen LogP contribution in [0.1, 0.15) is 71.7 Å². The molecule has 2 saturated carbocycles. The summed E-state index contributed by atoms with van der Waals surface area (Å²) in [4.78, 5) is 37.3. The second-order valence-corrected chi connectivity index (χ2v) is 13.4. The third kappa shape index (κ3) is 5.93. The van der Waals surface area contributed by atoms with E-state index in [2.05, 4.69) is 27.0 Å². The molecule has 43 heavy (non-hydrogen) atoms. The predicted molar refractivity (Wildman–Crippen MR) is 149 cm³/mol. The number of rotatable bonds is 8. The van der Waals surface area contributed by atoms with Gasteiger partial charge in [0.15, 0.2) is 5.78 Å².